The van der Waals surface area contributed by atoms with E-state index < -0.39 is 6.67 Å². The highest BCUT2D eigenvalue weighted by atomic mass is 19.1. The zero-order chi connectivity index (χ0) is 19.8. The van der Waals surface area contributed by atoms with E-state index in [1.54, 1.807) is 18.5 Å². The summed E-state index contributed by atoms with van der Waals surface area (Å²) >= 11 is 0. The molecule has 29 heavy (non-hydrogen) atoms. The van der Waals surface area contributed by atoms with E-state index in [1.807, 2.05) is 42.6 Å². The second kappa shape index (κ2) is 6.90. The minimum absolute atomic E-state index is 0.120. The average Bonchev–Trinajstić information content (AvgIpc) is 3.47. The standard InChI is InChI=1S/C21H17FN6O/c22-6-9-28-8-5-18(27-28)21(29)25-19-10-13(11-20-16(19)12-24-26-20)14-2-1-3-17-15(14)4-7-23-17/h1-5,7-8,10-12,23H,6,9H2,(H,24,26)(H,25,29). The molecule has 7 nitrogen and oxygen atoms in total. The number of halogens is 1. The van der Waals surface area contributed by atoms with Gasteiger partial charge in [-0.2, -0.15) is 10.2 Å². The number of carbonyl (C=O) groups is 1. The number of anilines is 1. The second-order valence-corrected chi connectivity index (χ2v) is 6.71. The molecule has 8 heteroatoms. The van der Waals surface area contributed by atoms with Gasteiger partial charge in [-0.1, -0.05) is 12.1 Å². The van der Waals surface area contributed by atoms with Crippen LogP contribution in [0.2, 0.25) is 0 Å². The molecule has 2 aromatic carbocycles. The summed E-state index contributed by atoms with van der Waals surface area (Å²) in [5.41, 5.74) is 4.70. The fourth-order valence-corrected chi connectivity index (χ4v) is 3.53. The minimum atomic E-state index is -0.537. The highest BCUT2D eigenvalue weighted by Crippen LogP contribution is 2.34. The van der Waals surface area contributed by atoms with Crippen LogP contribution < -0.4 is 5.32 Å². The van der Waals surface area contributed by atoms with E-state index in [2.05, 4.69) is 25.6 Å². The Morgan fingerprint density at radius 2 is 2.07 bits per heavy atom. The molecule has 0 saturated carbocycles. The summed E-state index contributed by atoms with van der Waals surface area (Å²) in [6.07, 6.45) is 5.16. The van der Waals surface area contributed by atoms with Gasteiger partial charge in [-0.25, -0.2) is 4.39 Å². The molecule has 3 aromatic heterocycles. The average molecular weight is 388 g/mol. The number of carbonyl (C=O) groups excluding carboxylic acids is 1. The first-order chi connectivity index (χ1) is 14.2. The molecule has 1 amide bonds. The van der Waals surface area contributed by atoms with E-state index in [0.29, 0.717) is 5.69 Å². The Morgan fingerprint density at radius 3 is 2.97 bits per heavy atom. The number of nitrogens with zero attached hydrogens (tertiary/aromatic N) is 3. The molecule has 0 aliphatic carbocycles. The van der Waals surface area contributed by atoms with Crippen molar-refractivity contribution in [3.8, 4) is 11.1 Å². The van der Waals surface area contributed by atoms with Gasteiger partial charge in [-0.3, -0.25) is 14.6 Å². The van der Waals surface area contributed by atoms with Gasteiger partial charge in [0.2, 0.25) is 0 Å². The molecule has 0 aliphatic heterocycles. The van der Waals surface area contributed by atoms with E-state index in [-0.39, 0.29) is 18.1 Å². The molecule has 0 fully saturated rings. The molecule has 5 rings (SSSR count). The van der Waals surface area contributed by atoms with E-state index in [0.717, 1.165) is 32.9 Å². The smallest absolute Gasteiger partial charge is 0.276 e. The number of alkyl halides is 1. The van der Waals surface area contributed by atoms with Crippen molar-refractivity contribution in [1.29, 1.82) is 0 Å². The van der Waals surface area contributed by atoms with Crippen molar-refractivity contribution in [3.63, 3.8) is 0 Å². The van der Waals surface area contributed by atoms with Crippen LogP contribution in [0.3, 0.4) is 0 Å². The first kappa shape index (κ1) is 17.2. The van der Waals surface area contributed by atoms with Crippen LogP contribution in [0.4, 0.5) is 10.1 Å². The number of benzene rings is 2. The maximum absolute atomic E-state index is 12.7. The number of nitrogens with one attached hydrogen (secondary N) is 3. The van der Waals surface area contributed by atoms with Crippen molar-refractivity contribution in [1.82, 2.24) is 25.0 Å². The number of amides is 1. The zero-order valence-corrected chi connectivity index (χ0v) is 15.3. The van der Waals surface area contributed by atoms with Gasteiger partial charge in [-0.15, -0.1) is 0 Å². The number of fused-ring (bicyclic) bond motifs is 2. The predicted octanol–water partition coefficient (Wildman–Crippen LogP) is 4.13. The van der Waals surface area contributed by atoms with Gasteiger partial charge in [-0.05, 0) is 41.5 Å². The number of rotatable bonds is 5. The fraction of sp³-hybridized carbons (Fsp3) is 0.0952. The van der Waals surface area contributed by atoms with Crippen LogP contribution in [-0.2, 0) is 6.54 Å². The summed E-state index contributed by atoms with van der Waals surface area (Å²) < 4.78 is 13.9. The summed E-state index contributed by atoms with van der Waals surface area (Å²) in [5, 5.41) is 16.0. The zero-order valence-electron chi connectivity index (χ0n) is 15.3. The number of hydrogen-bond donors (Lipinski definition) is 3. The van der Waals surface area contributed by atoms with Gasteiger partial charge in [0, 0.05) is 28.7 Å². The van der Waals surface area contributed by atoms with Crippen molar-refractivity contribution in [3.05, 3.63) is 66.7 Å². The molecule has 0 radical (unpaired) electrons. The Bertz CT molecular complexity index is 1330. The number of aromatic nitrogens is 5. The lowest BCUT2D eigenvalue weighted by molar-refractivity contribution is 0.102. The van der Waals surface area contributed by atoms with Crippen molar-refractivity contribution in [2.75, 3.05) is 12.0 Å². The molecule has 144 valence electrons. The summed E-state index contributed by atoms with van der Waals surface area (Å²) in [5.74, 6) is -0.359. The Labute approximate surface area is 164 Å². The van der Waals surface area contributed by atoms with Gasteiger partial charge < -0.3 is 10.3 Å². The van der Waals surface area contributed by atoms with Crippen LogP contribution >= 0.6 is 0 Å². The molecule has 0 unspecified atom stereocenters. The van der Waals surface area contributed by atoms with Crippen LogP contribution in [-0.4, -0.2) is 37.5 Å². The lowest BCUT2D eigenvalue weighted by atomic mass is 9.99. The molecular weight excluding hydrogens is 371 g/mol. The number of H-pyrrole nitrogens is 2. The normalized spacial score (nSPS) is 11.3. The van der Waals surface area contributed by atoms with Gasteiger partial charge >= 0.3 is 0 Å². The molecule has 0 atom stereocenters. The Hall–Kier alpha value is -3.94. The monoisotopic (exact) mass is 388 g/mol. The largest absolute Gasteiger partial charge is 0.361 e. The van der Waals surface area contributed by atoms with Crippen LogP contribution in [0, 0.1) is 0 Å². The maximum atomic E-state index is 12.7. The fourth-order valence-electron chi connectivity index (χ4n) is 3.53. The number of aromatic amines is 2. The third kappa shape index (κ3) is 3.04. The van der Waals surface area contributed by atoms with Crippen molar-refractivity contribution in [2.24, 2.45) is 0 Å². The molecular formula is C21H17FN6O. The quantitative estimate of drug-likeness (QED) is 0.423. The Balaban J connectivity index is 1.56. The lowest BCUT2D eigenvalue weighted by Gasteiger charge is -2.10. The first-order valence-electron chi connectivity index (χ1n) is 9.17. The summed E-state index contributed by atoms with van der Waals surface area (Å²) in [6.45, 7) is -0.416. The van der Waals surface area contributed by atoms with Crippen LogP contribution in [0.1, 0.15) is 10.5 Å². The van der Waals surface area contributed by atoms with Crippen LogP contribution in [0.5, 0.6) is 0 Å². The lowest BCUT2D eigenvalue weighted by Crippen LogP contribution is -2.14. The van der Waals surface area contributed by atoms with Gasteiger partial charge in [0.1, 0.15) is 6.67 Å². The molecule has 0 saturated heterocycles. The molecule has 0 aliphatic rings. The second-order valence-electron chi connectivity index (χ2n) is 6.71. The predicted molar refractivity (Wildman–Crippen MR) is 110 cm³/mol. The van der Waals surface area contributed by atoms with Crippen LogP contribution in [0.25, 0.3) is 32.9 Å². The topological polar surface area (TPSA) is 91.4 Å². The molecule has 0 spiro atoms. The Kier molecular flexibility index (Phi) is 4.09. The molecule has 3 heterocycles. The number of hydrogen-bond acceptors (Lipinski definition) is 3. The van der Waals surface area contributed by atoms with Crippen molar-refractivity contribution in [2.45, 2.75) is 6.54 Å². The third-order valence-electron chi connectivity index (χ3n) is 4.90. The van der Waals surface area contributed by atoms with Gasteiger partial charge in [0.25, 0.3) is 5.91 Å². The summed E-state index contributed by atoms with van der Waals surface area (Å²) in [7, 11) is 0. The van der Waals surface area contributed by atoms with Gasteiger partial charge in [0.05, 0.1) is 23.9 Å². The molecule has 3 N–H and O–H groups in total. The van der Waals surface area contributed by atoms with Crippen molar-refractivity contribution < 1.29 is 9.18 Å². The van der Waals surface area contributed by atoms with E-state index in [9.17, 15) is 9.18 Å². The maximum Gasteiger partial charge on any atom is 0.276 e. The highest BCUT2D eigenvalue weighted by molar-refractivity contribution is 6.09. The van der Waals surface area contributed by atoms with Crippen LogP contribution in [0.15, 0.2) is 61.1 Å². The number of aryl methyl sites for hydroxylation is 1. The van der Waals surface area contributed by atoms with E-state index >= 15 is 0 Å². The molecule has 0 bridgehead atoms. The summed E-state index contributed by atoms with van der Waals surface area (Å²) in [6, 6.07) is 13.6. The highest BCUT2D eigenvalue weighted by Gasteiger charge is 2.15. The first-order valence-corrected chi connectivity index (χ1v) is 9.17. The molecule has 5 aromatic rings. The SMILES string of the molecule is O=C(Nc1cc(-c2cccc3[nH]ccc23)cc2[nH]ncc12)c1ccn(CCF)n1. The van der Waals surface area contributed by atoms with Crippen molar-refractivity contribution >= 4 is 33.4 Å². The van der Waals surface area contributed by atoms with E-state index in [4.69, 9.17) is 0 Å². The Morgan fingerprint density at radius 1 is 1.14 bits per heavy atom. The third-order valence-corrected chi connectivity index (χ3v) is 4.90. The minimum Gasteiger partial charge on any atom is -0.361 e. The summed E-state index contributed by atoms with van der Waals surface area (Å²) in [4.78, 5) is 15.9. The van der Waals surface area contributed by atoms with Gasteiger partial charge in [0.15, 0.2) is 5.69 Å². The van der Waals surface area contributed by atoms with E-state index in [1.165, 1.54) is 4.68 Å².